The van der Waals surface area contributed by atoms with E-state index >= 15 is 0 Å². The summed E-state index contributed by atoms with van der Waals surface area (Å²) in [5, 5.41) is 0. The summed E-state index contributed by atoms with van der Waals surface area (Å²) in [6, 6.07) is 20.9. The second kappa shape index (κ2) is 9.72. The summed E-state index contributed by atoms with van der Waals surface area (Å²) in [5.74, 6) is -0.291. The Balaban J connectivity index is 1.85. The molecule has 1 amide bonds. The maximum Gasteiger partial charge on any atom is 0.243 e. The van der Waals surface area contributed by atoms with Gasteiger partial charge in [0.2, 0.25) is 15.9 Å². The topological polar surface area (TPSA) is 66.9 Å². The van der Waals surface area contributed by atoms with Crippen LogP contribution in [0.1, 0.15) is 5.56 Å². The first-order chi connectivity index (χ1) is 14.8. The standard InChI is InChI=1S/C23H23FN2O4S/c1-25(31(28,29)22-14-8-19(24)9-15-22)17-23(27)26(16-18-6-4-3-5-7-18)20-10-12-21(30-2)13-11-20/h3-15H,16-17H2,1-2H3. The van der Waals surface area contributed by atoms with Gasteiger partial charge in [-0.15, -0.1) is 0 Å². The molecule has 0 heterocycles. The van der Waals surface area contributed by atoms with Crippen molar-refractivity contribution in [2.24, 2.45) is 0 Å². The van der Waals surface area contributed by atoms with Gasteiger partial charge in [-0.05, 0) is 54.1 Å². The van der Waals surface area contributed by atoms with E-state index in [0.717, 1.165) is 22.0 Å². The Morgan fingerprint density at radius 2 is 1.55 bits per heavy atom. The Kier molecular flexibility index (Phi) is 7.04. The van der Waals surface area contributed by atoms with Gasteiger partial charge in [-0.3, -0.25) is 4.79 Å². The van der Waals surface area contributed by atoms with Crippen molar-refractivity contribution in [3.63, 3.8) is 0 Å². The molecule has 0 fully saturated rings. The van der Waals surface area contributed by atoms with Crippen LogP contribution < -0.4 is 9.64 Å². The highest BCUT2D eigenvalue weighted by atomic mass is 32.2. The molecule has 0 N–H and O–H groups in total. The van der Waals surface area contributed by atoms with Gasteiger partial charge in [0.05, 0.1) is 25.1 Å². The lowest BCUT2D eigenvalue weighted by Gasteiger charge is -2.26. The fraction of sp³-hybridized carbons (Fsp3) is 0.174. The van der Waals surface area contributed by atoms with Gasteiger partial charge in [0.15, 0.2) is 0 Å². The molecule has 0 bridgehead atoms. The van der Waals surface area contributed by atoms with Gasteiger partial charge in [-0.1, -0.05) is 30.3 Å². The van der Waals surface area contributed by atoms with Gasteiger partial charge >= 0.3 is 0 Å². The van der Waals surface area contributed by atoms with Gasteiger partial charge in [-0.2, -0.15) is 4.31 Å². The molecule has 0 aliphatic carbocycles. The lowest BCUT2D eigenvalue weighted by atomic mass is 10.2. The molecule has 0 aromatic heterocycles. The van der Waals surface area contributed by atoms with Crippen LogP contribution in [0.25, 0.3) is 0 Å². The summed E-state index contributed by atoms with van der Waals surface area (Å²) < 4.78 is 44.9. The SMILES string of the molecule is COc1ccc(N(Cc2ccccc2)C(=O)CN(C)S(=O)(=O)c2ccc(F)cc2)cc1. The number of likely N-dealkylation sites (N-methyl/N-ethyl adjacent to an activating group) is 1. The Hall–Kier alpha value is -3.23. The first-order valence-corrected chi connectivity index (χ1v) is 11.0. The second-order valence-electron chi connectivity index (χ2n) is 6.88. The average Bonchev–Trinajstić information content (AvgIpc) is 2.78. The highest BCUT2D eigenvalue weighted by molar-refractivity contribution is 7.89. The van der Waals surface area contributed by atoms with Crippen LogP contribution in [0.3, 0.4) is 0 Å². The maximum atomic E-state index is 13.2. The number of anilines is 1. The number of hydrogen-bond acceptors (Lipinski definition) is 4. The third-order valence-corrected chi connectivity index (χ3v) is 6.57. The molecule has 3 rings (SSSR count). The van der Waals surface area contributed by atoms with Crippen molar-refractivity contribution in [2.75, 3.05) is 25.6 Å². The van der Waals surface area contributed by atoms with Crippen LogP contribution in [-0.4, -0.2) is 39.3 Å². The number of carbonyl (C=O) groups excluding carboxylic acids is 1. The van der Waals surface area contributed by atoms with Crippen LogP contribution in [0.15, 0.2) is 83.8 Å². The monoisotopic (exact) mass is 442 g/mol. The summed E-state index contributed by atoms with van der Waals surface area (Å²) in [5.41, 5.74) is 1.51. The second-order valence-corrected chi connectivity index (χ2v) is 8.92. The zero-order chi connectivity index (χ0) is 22.4. The number of halogens is 1. The number of amides is 1. The van der Waals surface area contributed by atoms with Crippen LogP contribution >= 0.6 is 0 Å². The highest BCUT2D eigenvalue weighted by Crippen LogP contribution is 2.22. The smallest absolute Gasteiger partial charge is 0.243 e. The van der Waals surface area contributed by atoms with Gasteiger partial charge in [0.25, 0.3) is 0 Å². The van der Waals surface area contributed by atoms with Gasteiger partial charge < -0.3 is 9.64 Å². The number of nitrogens with zero attached hydrogens (tertiary/aromatic N) is 2. The van der Waals surface area contributed by atoms with E-state index in [1.807, 2.05) is 30.3 Å². The molecule has 3 aromatic rings. The molecule has 0 atom stereocenters. The van der Waals surface area contributed by atoms with Gasteiger partial charge in [0.1, 0.15) is 11.6 Å². The minimum absolute atomic E-state index is 0.0803. The van der Waals surface area contributed by atoms with E-state index in [0.29, 0.717) is 11.4 Å². The van der Waals surface area contributed by atoms with E-state index in [9.17, 15) is 17.6 Å². The molecule has 31 heavy (non-hydrogen) atoms. The van der Waals surface area contributed by atoms with Crippen molar-refractivity contribution in [3.8, 4) is 5.75 Å². The molecule has 162 valence electrons. The average molecular weight is 443 g/mol. The van der Waals surface area contributed by atoms with E-state index in [2.05, 4.69) is 0 Å². The zero-order valence-corrected chi connectivity index (χ0v) is 18.0. The van der Waals surface area contributed by atoms with Gasteiger partial charge in [-0.25, -0.2) is 12.8 Å². The molecule has 0 aliphatic heterocycles. The molecule has 0 unspecified atom stereocenters. The molecule has 0 radical (unpaired) electrons. The Morgan fingerprint density at radius 1 is 0.935 bits per heavy atom. The summed E-state index contributed by atoms with van der Waals surface area (Å²) in [6.07, 6.45) is 0. The largest absolute Gasteiger partial charge is 0.497 e. The highest BCUT2D eigenvalue weighted by Gasteiger charge is 2.26. The van der Waals surface area contributed by atoms with Gasteiger partial charge in [0, 0.05) is 12.7 Å². The molecule has 6 nitrogen and oxygen atoms in total. The zero-order valence-electron chi connectivity index (χ0n) is 17.2. The van der Waals surface area contributed by atoms with Crippen molar-refractivity contribution < 1.29 is 22.3 Å². The van der Waals surface area contributed by atoms with E-state index in [-0.39, 0.29) is 18.0 Å². The first kappa shape index (κ1) is 22.5. The maximum absolute atomic E-state index is 13.2. The minimum atomic E-state index is -3.95. The van der Waals surface area contributed by atoms with Crippen LogP contribution in [0, 0.1) is 5.82 Å². The molecule has 0 spiro atoms. The molecule has 8 heteroatoms. The molecule has 3 aromatic carbocycles. The number of sulfonamides is 1. The summed E-state index contributed by atoms with van der Waals surface area (Å²) >= 11 is 0. The van der Waals surface area contributed by atoms with Crippen LogP contribution in [0.4, 0.5) is 10.1 Å². The molecule has 0 aliphatic rings. The lowest BCUT2D eigenvalue weighted by Crippen LogP contribution is -2.41. The lowest BCUT2D eigenvalue weighted by molar-refractivity contribution is -0.118. The normalized spacial score (nSPS) is 11.4. The number of ether oxygens (including phenoxy) is 1. The predicted molar refractivity (Wildman–Crippen MR) is 117 cm³/mol. The summed E-state index contributed by atoms with van der Waals surface area (Å²) in [4.78, 5) is 14.6. The van der Waals surface area contributed by atoms with Crippen molar-refractivity contribution in [3.05, 3.63) is 90.2 Å². The quantitative estimate of drug-likeness (QED) is 0.534. The predicted octanol–water partition coefficient (Wildman–Crippen LogP) is 3.69. The summed E-state index contributed by atoms with van der Waals surface area (Å²) in [6.45, 7) is -0.102. The Bertz CT molecular complexity index is 1120. The van der Waals surface area contributed by atoms with E-state index in [4.69, 9.17) is 4.74 Å². The number of rotatable bonds is 8. The van der Waals surface area contributed by atoms with Crippen molar-refractivity contribution in [2.45, 2.75) is 11.4 Å². The molecular formula is C23H23FN2O4S. The van der Waals surface area contributed by atoms with Crippen LogP contribution in [0.2, 0.25) is 0 Å². The first-order valence-electron chi connectivity index (χ1n) is 9.51. The molecule has 0 saturated carbocycles. The minimum Gasteiger partial charge on any atom is -0.497 e. The molecule has 0 saturated heterocycles. The third-order valence-electron chi connectivity index (χ3n) is 4.75. The van der Waals surface area contributed by atoms with Crippen LogP contribution in [-0.2, 0) is 21.4 Å². The number of hydrogen-bond donors (Lipinski definition) is 0. The van der Waals surface area contributed by atoms with Crippen LogP contribution in [0.5, 0.6) is 5.75 Å². The van der Waals surface area contributed by atoms with Crippen molar-refractivity contribution in [1.82, 2.24) is 4.31 Å². The fourth-order valence-electron chi connectivity index (χ4n) is 3.00. The Morgan fingerprint density at radius 3 is 2.13 bits per heavy atom. The Labute approximate surface area is 181 Å². The van der Waals surface area contributed by atoms with Crippen molar-refractivity contribution in [1.29, 1.82) is 0 Å². The number of benzene rings is 3. The fourth-order valence-corrected chi connectivity index (χ4v) is 4.12. The van der Waals surface area contributed by atoms with E-state index in [1.54, 1.807) is 31.4 Å². The number of methoxy groups -OCH3 is 1. The third kappa shape index (κ3) is 5.48. The summed E-state index contributed by atoms with van der Waals surface area (Å²) in [7, 11) is -1.07. The van der Waals surface area contributed by atoms with E-state index in [1.165, 1.54) is 24.1 Å². The molecular weight excluding hydrogens is 419 g/mol. The van der Waals surface area contributed by atoms with E-state index < -0.39 is 21.7 Å². The number of carbonyl (C=O) groups is 1. The van der Waals surface area contributed by atoms with Crippen molar-refractivity contribution >= 4 is 21.6 Å².